The van der Waals surface area contributed by atoms with Gasteiger partial charge in [-0.25, -0.2) is 4.98 Å². The molecule has 0 aromatic carbocycles. The molecule has 7 nitrogen and oxygen atoms in total. The van der Waals surface area contributed by atoms with E-state index in [0.717, 1.165) is 0 Å². The van der Waals surface area contributed by atoms with E-state index in [1.165, 1.54) is 21.7 Å². The molecule has 1 amide bonds. The van der Waals surface area contributed by atoms with Crippen molar-refractivity contribution in [2.24, 2.45) is 0 Å². The van der Waals surface area contributed by atoms with E-state index in [1.54, 1.807) is 25.7 Å². The summed E-state index contributed by atoms with van der Waals surface area (Å²) >= 11 is 0. The van der Waals surface area contributed by atoms with Crippen LogP contribution in [0.5, 0.6) is 0 Å². The Kier molecular flexibility index (Phi) is 3.71. The van der Waals surface area contributed by atoms with Crippen molar-refractivity contribution in [3.63, 3.8) is 0 Å². The number of nitrogens with zero attached hydrogens (tertiary/aromatic N) is 5. The van der Waals surface area contributed by atoms with Gasteiger partial charge in [-0.3, -0.25) is 9.48 Å². The summed E-state index contributed by atoms with van der Waals surface area (Å²) in [5, 5.41) is 14.2. The topological polar surface area (TPSA) is 76.2 Å². The first-order chi connectivity index (χ1) is 11.4. The van der Waals surface area contributed by atoms with E-state index in [1.807, 2.05) is 0 Å². The van der Waals surface area contributed by atoms with Gasteiger partial charge in [0.1, 0.15) is 0 Å². The number of carbonyl (C=O) groups is 1. The van der Waals surface area contributed by atoms with Crippen LogP contribution in [-0.2, 0) is 12.1 Å². The Labute approximate surface area is 141 Å². The third-order valence-electron chi connectivity index (χ3n) is 4.33. The Balaban J connectivity index is 2.14. The van der Waals surface area contributed by atoms with Crippen molar-refractivity contribution in [2.45, 2.75) is 38.2 Å². The molecule has 1 N–H and O–H groups in total. The number of alkyl halides is 3. The lowest BCUT2D eigenvalue weighted by Gasteiger charge is -2.31. The fourth-order valence-electron chi connectivity index (χ4n) is 2.91. The zero-order valence-corrected chi connectivity index (χ0v) is 14.2. The lowest BCUT2D eigenvalue weighted by molar-refractivity contribution is -0.262. The third-order valence-corrected chi connectivity index (χ3v) is 4.33. The molecule has 2 atom stereocenters. The summed E-state index contributed by atoms with van der Waals surface area (Å²) in [5.74, 6) is -0.779. The van der Waals surface area contributed by atoms with Gasteiger partial charge in [-0.1, -0.05) is 0 Å². The number of aliphatic hydroxyl groups is 1. The number of carbonyl (C=O) groups excluding carboxylic acids is 1. The summed E-state index contributed by atoms with van der Waals surface area (Å²) in [6, 6.07) is 1.10. The molecule has 0 bridgehead atoms. The molecule has 2 aromatic heterocycles. The van der Waals surface area contributed by atoms with Gasteiger partial charge in [-0.05, 0) is 19.9 Å². The second-order valence-corrected chi connectivity index (χ2v) is 6.55. The van der Waals surface area contributed by atoms with Gasteiger partial charge in [0.2, 0.25) is 5.60 Å². The molecule has 1 aliphatic rings. The van der Waals surface area contributed by atoms with Crippen molar-refractivity contribution in [2.75, 3.05) is 14.1 Å². The highest BCUT2D eigenvalue weighted by Gasteiger charge is 2.55. The van der Waals surface area contributed by atoms with E-state index < -0.39 is 23.6 Å². The number of imidazole rings is 1. The second kappa shape index (κ2) is 5.32. The first-order valence-electron chi connectivity index (χ1n) is 7.61. The molecule has 0 saturated heterocycles. The van der Waals surface area contributed by atoms with Gasteiger partial charge < -0.3 is 14.6 Å². The van der Waals surface area contributed by atoms with Gasteiger partial charge >= 0.3 is 6.18 Å². The normalized spacial score (nSPS) is 19.1. The van der Waals surface area contributed by atoms with Gasteiger partial charge in [-0.2, -0.15) is 18.3 Å². The number of fused-ring (bicyclic) bond motifs is 3. The number of hydrogen-bond donors (Lipinski definition) is 1. The highest BCUT2D eigenvalue weighted by molar-refractivity contribution is 5.93. The Morgan fingerprint density at radius 1 is 1.36 bits per heavy atom. The van der Waals surface area contributed by atoms with E-state index in [0.29, 0.717) is 18.3 Å². The van der Waals surface area contributed by atoms with Crippen LogP contribution in [0.4, 0.5) is 13.2 Å². The molecular formula is C15H18F3N5O2. The number of hydrogen-bond acceptors (Lipinski definition) is 4. The predicted octanol–water partition coefficient (Wildman–Crippen LogP) is 1.79. The van der Waals surface area contributed by atoms with Gasteiger partial charge in [0.15, 0.2) is 11.5 Å². The zero-order valence-electron chi connectivity index (χ0n) is 14.2. The van der Waals surface area contributed by atoms with Gasteiger partial charge in [0, 0.05) is 14.1 Å². The first kappa shape index (κ1) is 17.5. The highest BCUT2D eigenvalue weighted by atomic mass is 19.4. The summed E-state index contributed by atoms with van der Waals surface area (Å²) in [4.78, 5) is 17.3. The summed E-state index contributed by atoms with van der Waals surface area (Å²) < 4.78 is 42.6. The lowest BCUT2D eigenvalue weighted by atomic mass is 10.0. The lowest BCUT2D eigenvalue weighted by Crippen LogP contribution is -2.42. The molecule has 3 rings (SSSR count). The molecule has 0 fully saturated rings. The molecule has 3 heterocycles. The number of rotatable bonds is 2. The number of aromatic nitrogens is 4. The molecule has 10 heteroatoms. The molecule has 0 aliphatic carbocycles. The second-order valence-electron chi connectivity index (χ2n) is 6.55. The van der Waals surface area contributed by atoms with Crippen LogP contribution in [0, 0.1) is 0 Å². The quantitative estimate of drug-likeness (QED) is 0.889. The van der Waals surface area contributed by atoms with Crippen LogP contribution in [-0.4, -0.2) is 55.5 Å². The van der Waals surface area contributed by atoms with Crippen molar-refractivity contribution in [3.05, 3.63) is 23.8 Å². The van der Waals surface area contributed by atoms with Crippen LogP contribution in [0.1, 0.15) is 36.2 Å². The third kappa shape index (κ3) is 2.51. The van der Waals surface area contributed by atoms with Crippen molar-refractivity contribution < 1.29 is 23.1 Å². The van der Waals surface area contributed by atoms with Crippen LogP contribution in [0.25, 0.3) is 11.4 Å². The average molecular weight is 357 g/mol. The fraction of sp³-hybridized carbons (Fsp3) is 0.533. The molecule has 25 heavy (non-hydrogen) atoms. The van der Waals surface area contributed by atoms with Gasteiger partial charge in [-0.15, -0.1) is 0 Å². The minimum Gasteiger partial charge on any atom is -0.374 e. The van der Waals surface area contributed by atoms with Crippen LogP contribution in [0.15, 0.2) is 12.3 Å². The van der Waals surface area contributed by atoms with Gasteiger partial charge in [0.05, 0.1) is 30.2 Å². The van der Waals surface area contributed by atoms with Crippen molar-refractivity contribution in [3.8, 4) is 11.4 Å². The molecule has 0 saturated carbocycles. The van der Waals surface area contributed by atoms with E-state index in [-0.39, 0.29) is 18.1 Å². The average Bonchev–Trinajstić information content (AvgIpc) is 3.08. The smallest absolute Gasteiger partial charge is 0.374 e. The van der Waals surface area contributed by atoms with Crippen LogP contribution >= 0.6 is 0 Å². The van der Waals surface area contributed by atoms with Crippen molar-refractivity contribution >= 4 is 5.91 Å². The van der Waals surface area contributed by atoms with Crippen LogP contribution in [0.2, 0.25) is 0 Å². The predicted molar refractivity (Wildman–Crippen MR) is 81.8 cm³/mol. The van der Waals surface area contributed by atoms with Crippen molar-refractivity contribution in [1.82, 2.24) is 24.2 Å². The molecule has 0 unspecified atom stereocenters. The maximum atomic E-state index is 13.2. The van der Waals surface area contributed by atoms with Crippen LogP contribution in [0.3, 0.4) is 0 Å². The molecule has 1 aliphatic heterocycles. The minimum atomic E-state index is -4.86. The first-order valence-corrected chi connectivity index (χ1v) is 7.61. The standard InChI is InChI=1S/C15H18F3N5O2/c1-8-7-22-10(5-9(20-22)12(24)21(3)4)11-6-19-13(23(8)11)14(2,25)15(16,17)18/h5-6,8,25H,7H2,1-4H3/t8-,14+/m0/s1. The molecule has 136 valence electrons. The molecule has 0 spiro atoms. The fourth-order valence-corrected chi connectivity index (χ4v) is 2.91. The largest absolute Gasteiger partial charge is 0.424 e. The summed E-state index contributed by atoms with van der Waals surface area (Å²) in [7, 11) is 3.18. The van der Waals surface area contributed by atoms with E-state index in [2.05, 4.69) is 10.1 Å². The van der Waals surface area contributed by atoms with E-state index >= 15 is 0 Å². The Morgan fingerprint density at radius 3 is 2.56 bits per heavy atom. The Hall–Kier alpha value is -2.36. The van der Waals surface area contributed by atoms with E-state index in [4.69, 9.17) is 0 Å². The van der Waals surface area contributed by atoms with Crippen LogP contribution < -0.4 is 0 Å². The van der Waals surface area contributed by atoms with Gasteiger partial charge in [0.25, 0.3) is 5.91 Å². The Morgan fingerprint density at radius 2 is 2.00 bits per heavy atom. The summed E-state index contributed by atoms with van der Waals surface area (Å²) in [6.07, 6.45) is -3.60. The number of halogens is 3. The monoisotopic (exact) mass is 357 g/mol. The highest BCUT2D eigenvalue weighted by Crippen LogP contribution is 2.42. The maximum Gasteiger partial charge on any atom is 0.424 e. The SMILES string of the molecule is C[C@H]1Cn2nc(C(=O)N(C)C)cc2-c2cnc([C@@](C)(O)C(F)(F)F)n21. The molecule has 2 aromatic rings. The summed E-state index contributed by atoms with van der Waals surface area (Å²) in [6.45, 7) is 2.65. The Bertz CT molecular complexity index is 835. The maximum absolute atomic E-state index is 13.2. The minimum absolute atomic E-state index is 0.200. The zero-order chi connectivity index (χ0) is 18.7. The summed E-state index contributed by atoms with van der Waals surface area (Å²) in [5.41, 5.74) is -2.01. The van der Waals surface area contributed by atoms with E-state index in [9.17, 15) is 23.1 Å². The molecule has 0 radical (unpaired) electrons. The van der Waals surface area contributed by atoms with Crippen molar-refractivity contribution in [1.29, 1.82) is 0 Å². The molecular weight excluding hydrogens is 339 g/mol. The number of amides is 1.